The summed E-state index contributed by atoms with van der Waals surface area (Å²) in [6, 6.07) is 3.82. The van der Waals surface area contributed by atoms with E-state index >= 15 is 0 Å². The molecule has 0 spiro atoms. The number of hydrogen-bond acceptors (Lipinski definition) is 2. The Balaban J connectivity index is 2.24. The van der Waals surface area contributed by atoms with Crippen LogP contribution in [0.4, 0.5) is 8.78 Å². The van der Waals surface area contributed by atoms with Crippen LogP contribution in [0.15, 0.2) is 18.2 Å². The second-order valence-electron chi connectivity index (χ2n) is 4.06. The first kappa shape index (κ1) is 14.6. The molecule has 0 atom stereocenters. The maximum atomic E-state index is 12.9. The smallest absolute Gasteiger partial charge is 0.220 e. The molecule has 0 saturated heterocycles. The van der Waals surface area contributed by atoms with Crippen molar-refractivity contribution >= 4 is 5.91 Å². The molecule has 0 heterocycles. The molecule has 0 aliphatic carbocycles. The van der Waals surface area contributed by atoms with Gasteiger partial charge < -0.3 is 10.6 Å². The zero-order valence-electron chi connectivity index (χ0n) is 10.4. The van der Waals surface area contributed by atoms with Crippen molar-refractivity contribution < 1.29 is 13.6 Å². The standard InChI is InChI=1S/C13H18F2N2O/c1-16-7-8-17-13(18)4-2-3-10-5-6-11(14)12(15)9-10/h5-6,9,16H,2-4,7-8H2,1H3,(H,17,18). The molecule has 3 nitrogen and oxygen atoms in total. The van der Waals surface area contributed by atoms with Gasteiger partial charge in [-0.05, 0) is 37.6 Å². The lowest BCUT2D eigenvalue weighted by Gasteiger charge is -2.05. The summed E-state index contributed by atoms with van der Waals surface area (Å²) in [6.07, 6.45) is 1.58. The van der Waals surface area contributed by atoms with Gasteiger partial charge in [0, 0.05) is 19.5 Å². The van der Waals surface area contributed by atoms with E-state index in [2.05, 4.69) is 10.6 Å². The van der Waals surface area contributed by atoms with Crippen molar-refractivity contribution in [3.8, 4) is 0 Å². The third-order valence-electron chi connectivity index (χ3n) is 2.55. The van der Waals surface area contributed by atoms with Gasteiger partial charge >= 0.3 is 0 Å². The average molecular weight is 256 g/mol. The van der Waals surface area contributed by atoms with Gasteiger partial charge in [0.2, 0.25) is 5.91 Å². The van der Waals surface area contributed by atoms with E-state index in [0.717, 1.165) is 12.6 Å². The van der Waals surface area contributed by atoms with E-state index in [1.54, 1.807) is 0 Å². The number of likely N-dealkylation sites (N-methyl/N-ethyl adjacent to an activating group) is 1. The fraction of sp³-hybridized carbons (Fsp3) is 0.462. The van der Waals surface area contributed by atoms with Crippen LogP contribution in [0.3, 0.4) is 0 Å². The average Bonchev–Trinajstić information content (AvgIpc) is 2.34. The second-order valence-corrected chi connectivity index (χ2v) is 4.06. The van der Waals surface area contributed by atoms with Gasteiger partial charge in [0.05, 0.1) is 0 Å². The van der Waals surface area contributed by atoms with Crippen molar-refractivity contribution in [3.63, 3.8) is 0 Å². The molecule has 0 fully saturated rings. The van der Waals surface area contributed by atoms with Crippen LogP contribution in [0.25, 0.3) is 0 Å². The van der Waals surface area contributed by atoms with Crippen LogP contribution in [0, 0.1) is 11.6 Å². The van der Waals surface area contributed by atoms with Crippen LogP contribution >= 0.6 is 0 Å². The number of amides is 1. The minimum absolute atomic E-state index is 0.0205. The Labute approximate surface area is 106 Å². The Hall–Kier alpha value is -1.49. The van der Waals surface area contributed by atoms with E-state index in [4.69, 9.17) is 0 Å². The summed E-state index contributed by atoms with van der Waals surface area (Å²) < 4.78 is 25.6. The van der Waals surface area contributed by atoms with E-state index in [0.29, 0.717) is 31.4 Å². The van der Waals surface area contributed by atoms with E-state index in [9.17, 15) is 13.6 Å². The SMILES string of the molecule is CNCCNC(=O)CCCc1ccc(F)c(F)c1. The number of hydrogen-bond donors (Lipinski definition) is 2. The lowest BCUT2D eigenvalue weighted by molar-refractivity contribution is -0.121. The third-order valence-corrected chi connectivity index (χ3v) is 2.55. The third kappa shape index (κ3) is 5.23. The molecule has 0 unspecified atom stereocenters. The minimum atomic E-state index is -0.844. The van der Waals surface area contributed by atoms with Crippen LogP contribution in [0.5, 0.6) is 0 Å². The van der Waals surface area contributed by atoms with Gasteiger partial charge in [-0.3, -0.25) is 4.79 Å². The predicted molar refractivity (Wildman–Crippen MR) is 66.2 cm³/mol. The molecule has 18 heavy (non-hydrogen) atoms. The summed E-state index contributed by atoms with van der Waals surface area (Å²) in [6.45, 7) is 1.33. The number of rotatable bonds is 7. The number of carbonyl (C=O) groups is 1. The normalized spacial score (nSPS) is 10.4. The molecule has 5 heteroatoms. The molecule has 1 aromatic carbocycles. The number of aryl methyl sites for hydroxylation is 1. The van der Waals surface area contributed by atoms with Gasteiger partial charge in [0.1, 0.15) is 0 Å². The molecule has 1 rings (SSSR count). The van der Waals surface area contributed by atoms with E-state index in [1.165, 1.54) is 12.1 Å². The number of benzene rings is 1. The van der Waals surface area contributed by atoms with Gasteiger partial charge in [-0.2, -0.15) is 0 Å². The van der Waals surface area contributed by atoms with Gasteiger partial charge in [-0.25, -0.2) is 8.78 Å². The molecule has 2 N–H and O–H groups in total. The first-order chi connectivity index (χ1) is 8.63. The fourth-order valence-corrected chi connectivity index (χ4v) is 1.56. The van der Waals surface area contributed by atoms with E-state index in [1.807, 2.05) is 7.05 Å². The molecule has 0 aromatic heterocycles. The molecular formula is C13H18F2N2O. The quantitative estimate of drug-likeness (QED) is 0.728. The number of nitrogens with one attached hydrogen (secondary N) is 2. The van der Waals surface area contributed by atoms with E-state index < -0.39 is 11.6 Å². The monoisotopic (exact) mass is 256 g/mol. The molecule has 0 aliphatic rings. The summed E-state index contributed by atoms with van der Waals surface area (Å²) in [5, 5.41) is 5.68. The van der Waals surface area contributed by atoms with Crippen molar-refractivity contribution in [2.45, 2.75) is 19.3 Å². The highest BCUT2D eigenvalue weighted by molar-refractivity contribution is 5.75. The Morgan fingerprint density at radius 2 is 2.00 bits per heavy atom. The summed E-state index contributed by atoms with van der Waals surface area (Å²) in [7, 11) is 1.81. The largest absolute Gasteiger partial charge is 0.355 e. The van der Waals surface area contributed by atoms with E-state index in [-0.39, 0.29) is 5.91 Å². The van der Waals surface area contributed by atoms with Crippen molar-refractivity contribution in [1.29, 1.82) is 0 Å². The first-order valence-electron chi connectivity index (χ1n) is 5.98. The summed E-state index contributed by atoms with van der Waals surface area (Å²) in [5.74, 6) is -1.71. The summed E-state index contributed by atoms with van der Waals surface area (Å²) in [5.41, 5.74) is 0.705. The molecule has 0 saturated carbocycles. The lowest BCUT2D eigenvalue weighted by atomic mass is 10.1. The maximum Gasteiger partial charge on any atom is 0.220 e. The summed E-state index contributed by atoms with van der Waals surface area (Å²) in [4.78, 5) is 11.4. The molecule has 1 aromatic rings. The van der Waals surface area contributed by atoms with Crippen molar-refractivity contribution in [1.82, 2.24) is 10.6 Å². The zero-order chi connectivity index (χ0) is 13.4. The molecule has 100 valence electrons. The summed E-state index contributed by atoms with van der Waals surface area (Å²) >= 11 is 0. The number of carbonyl (C=O) groups excluding carboxylic acids is 1. The molecular weight excluding hydrogens is 238 g/mol. The highest BCUT2D eigenvalue weighted by atomic mass is 19.2. The lowest BCUT2D eigenvalue weighted by Crippen LogP contribution is -2.30. The Morgan fingerprint density at radius 3 is 2.67 bits per heavy atom. The Bertz CT molecular complexity index is 397. The Morgan fingerprint density at radius 1 is 1.22 bits per heavy atom. The van der Waals surface area contributed by atoms with Gasteiger partial charge in [-0.15, -0.1) is 0 Å². The van der Waals surface area contributed by atoms with Crippen molar-refractivity contribution in [3.05, 3.63) is 35.4 Å². The van der Waals surface area contributed by atoms with Gasteiger partial charge in [0.25, 0.3) is 0 Å². The topological polar surface area (TPSA) is 41.1 Å². The minimum Gasteiger partial charge on any atom is -0.355 e. The van der Waals surface area contributed by atoms with Crippen molar-refractivity contribution in [2.75, 3.05) is 20.1 Å². The number of halogens is 2. The molecule has 0 aliphatic heterocycles. The van der Waals surface area contributed by atoms with Gasteiger partial charge in [-0.1, -0.05) is 6.07 Å². The van der Waals surface area contributed by atoms with Crippen LogP contribution < -0.4 is 10.6 Å². The molecule has 0 bridgehead atoms. The highest BCUT2D eigenvalue weighted by Crippen LogP contribution is 2.11. The maximum absolute atomic E-state index is 12.9. The Kier molecular flexibility index (Phi) is 6.28. The van der Waals surface area contributed by atoms with Crippen LogP contribution in [0.2, 0.25) is 0 Å². The molecule has 1 amide bonds. The molecule has 0 radical (unpaired) electrons. The fourth-order valence-electron chi connectivity index (χ4n) is 1.56. The van der Waals surface area contributed by atoms with Crippen LogP contribution in [-0.4, -0.2) is 26.0 Å². The van der Waals surface area contributed by atoms with Crippen LogP contribution in [0.1, 0.15) is 18.4 Å². The first-order valence-corrected chi connectivity index (χ1v) is 5.98. The highest BCUT2D eigenvalue weighted by Gasteiger charge is 2.04. The van der Waals surface area contributed by atoms with Crippen molar-refractivity contribution in [2.24, 2.45) is 0 Å². The predicted octanol–water partition coefficient (Wildman–Crippen LogP) is 1.62. The second kappa shape index (κ2) is 7.76. The van der Waals surface area contributed by atoms with Crippen LogP contribution in [-0.2, 0) is 11.2 Å². The zero-order valence-corrected chi connectivity index (χ0v) is 10.4. The van der Waals surface area contributed by atoms with Gasteiger partial charge in [0.15, 0.2) is 11.6 Å².